The molecule has 0 saturated heterocycles. The lowest BCUT2D eigenvalue weighted by Gasteiger charge is -2.05. The fourth-order valence-electron chi connectivity index (χ4n) is 2.38. The molecule has 3 aromatic rings. The first-order valence-electron chi connectivity index (χ1n) is 7.52. The smallest absolute Gasteiger partial charge is 0.339 e. The summed E-state index contributed by atoms with van der Waals surface area (Å²) in [5, 5.41) is 10.2. The van der Waals surface area contributed by atoms with Gasteiger partial charge in [-0.05, 0) is 43.2 Å². The summed E-state index contributed by atoms with van der Waals surface area (Å²) >= 11 is 0. The number of hydrogen-bond donors (Lipinski definition) is 2. The fourth-order valence-corrected chi connectivity index (χ4v) is 2.89. The molecule has 7 heteroatoms. The van der Waals surface area contributed by atoms with Crippen LogP contribution < -0.4 is 5.63 Å². The van der Waals surface area contributed by atoms with Crippen LogP contribution in [0.25, 0.3) is 11.0 Å². The van der Waals surface area contributed by atoms with Gasteiger partial charge in [0.2, 0.25) is 0 Å². The number of fused-ring (bicyclic) bond motifs is 1. The predicted molar refractivity (Wildman–Crippen MR) is 94.5 cm³/mol. The van der Waals surface area contributed by atoms with Gasteiger partial charge in [0.15, 0.2) is 0 Å². The number of rotatable bonds is 2. The van der Waals surface area contributed by atoms with Crippen molar-refractivity contribution in [2.45, 2.75) is 25.2 Å². The molecule has 0 amide bonds. The number of benzene rings is 2. The first kappa shape index (κ1) is 18.7. The van der Waals surface area contributed by atoms with Gasteiger partial charge in [0.1, 0.15) is 11.3 Å². The quantitative estimate of drug-likeness (QED) is 0.535. The van der Waals surface area contributed by atoms with Crippen LogP contribution in [0, 0.1) is 6.92 Å². The maximum absolute atomic E-state index is 11.5. The molecule has 0 aliphatic heterocycles. The molecule has 1 aromatic heterocycles. The molecular formula is C18H18O6S. The molecule has 0 unspecified atom stereocenters. The first-order chi connectivity index (χ1) is 11.7. The zero-order chi connectivity index (χ0) is 18.6. The van der Waals surface area contributed by atoms with Gasteiger partial charge in [-0.1, -0.05) is 25.1 Å². The maximum Gasteiger partial charge on any atom is 0.339 e. The van der Waals surface area contributed by atoms with Gasteiger partial charge >= 0.3 is 5.63 Å². The lowest BCUT2D eigenvalue weighted by atomic mass is 10.0. The third-order valence-corrected chi connectivity index (χ3v) is 4.53. The number of aromatic hydroxyl groups is 1. The number of hydrogen-bond acceptors (Lipinski definition) is 5. The molecule has 2 aromatic carbocycles. The van der Waals surface area contributed by atoms with Crippen LogP contribution in [0.5, 0.6) is 5.75 Å². The lowest BCUT2D eigenvalue weighted by Crippen LogP contribution is -2.08. The van der Waals surface area contributed by atoms with Gasteiger partial charge in [-0.15, -0.1) is 0 Å². The van der Waals surface area contributed by atoms with Crippen LogP contribution in [0.3, 0.4) is 0 Å². The van der Waals surface area contributed by atoms with Gasteiger partial charge in [0, 0.05) is 17.0 Å². The number of phenolic OH excluding ortho intramolecular Hbond substituents is 1. The summed E-state index contributed by atoms with van der Waals surface area (Å²) in [5.74, 6) is 0.106. The van der Waals surface area contributed by atoms with Crippen molar-refractivity contribution >= 4 is 21.1 Å². The largest absolute Gasteiger partial charge is 0.508 e. The van der Waals surface area contributed by atoms with Gasteiger partial charge < -0.3 is 9.52 Å². The Labute approximate surface area is 145 Å². The summed E-state index contributed by atoms with van der Waals surface area (Å²) in [7, 11) is -4.00. The molecule has 0 fully saturated rings. The highest BCUT2D eigenvalue weighted by atomic mass is 32.2. The molecule has 0 radical (unpaired) electrons. The Morgan fingerprint density at radius 3 is 2.24 bits per heavy atom. The van der Waals surface area contributed by atoms with E-state index >= 15 is 0 Å². The van der Waals surface area contributed by atoms with E-state index in [1.165, 1.54) is 18.2 Å². The van der Waals surface area contributed by atoms with Crippen molar-refractivity contribution in [1.29, 1.82) is 0 Å². The zero-order valence-electron chi connectivity index (χ0n) is 13.8. The summed E-state index contributed by atoms with van der Waals surface area (Å²) in [6.45, 7) is 3.82. The molecule has 0 spiro atoms. The van der Waals surface area contributed by atoms with Crippen LogP contribution in [0.4, 0.5) is 0 Å². The van der Waals surface area contributed by atoms with Crippen LogP contribution in [0.15, 0.2) is 62.6 Å². The zero-order valence-corrected chi connectivity index (χ0v) is 14.6. The highest BCUT2D eigenvalue weighted by Gasteiger charge is 2.09. The average Bonchev–Trinajstić information content (AvgIpc) is 2.55. The molecule has 0 bridgehead atoms. The topological polar surface area (TPSA) is 105 Å². The summed E-state index contributed by atoms with van der Waals surface area (Å²) in [6.07, 6.45) is 0.658. The lowest BCUT2D eigenvalue weighted by molar-refractivity contribution is 0.472. The van der Waals surface area contributed by atoms with Gasteiger partial charge in [-0.2, -0.15) is 8.42 Å². The Hall–Kier alpha value is -2.64. The van der Waals surface area contributed by atoms with E-state index in [-0.39, 0.29) is 16.3 Å². The minimum absolute atomic E-state index is 0.0741. The van der Waals surface area contributed by atoms with Gasteiger partial charge in [-0.3, -0.25) is 4.55 Å². The van der Waals surface area contributed by atoms with Gasteiger partial charge in [0.05, 0.1) is 4.90 Å². The van der Waals surface area contributed by atoms with Gasteiger partial charge in [-0.25, -0.2) is 4.79 Å². The second kappa shape index (κ2) is 7.50. The molecule has 0 aliphatic rings. The van der Waals surface area contributed by atoms with Crippen molar-refractivity contribution in [2.75, 3.05) is 0 Å². The van der Waals surface area contributed by atoms with Crippen LogP contribution in [0.1, 0.15) is 18.1 Å². The summed E-state index contributed by atoms with van der Waals surface area (Å²) < 4.78 is 34.4. The van der Waals surface area contributed by atoms with Crippen molar-refractivity contribution in [3.63, 3.8) is 0 Å². The Kier molecular flexibility index (Phi) is 5.61. The Morgan fingerprint density at radius 1 is 1.08 bits per heavy atom. The van der Waals surface area contributed by atoms with E-state index in [0.717, 1.165) is 10.9 Å². The molecule has 25 heavy (non-hydrogen) atoms. The van der Waals surface area contributed by atoms with Crippen molar-refractivity contribution in [1.82, 2.24) is 0 Å². The molecule has 0 aliphatic carbocycles. The standard InChI is InChI=1S/C12H12O3.C6H6O3S/c1-3-9-7(2)10-5-4-8(13)6-11(10)15-12(9)14;7-10(8,9)6-4-2-1-3-5-6/h4-6,13H,3H2,1-2H3;1-5H,(H,7,8,9). The minimum atomic E-state index is -4.00. The summed E-state index contributed by atoms with van der Waals surface area (Å²) in [6, 6.07) is 12.2. The second-order valence-electron chi connectivity index (χ2n) is 5.32. The molecule has 1 heterocycles. The highest BCUT2D eigenvalue weighted by Crippen LogP contribution is 2.23. The van der Waals surface area contributed by atoms with Crippen molar-refractivity contribution < 1.29 is 22.5 Å². The molecule has 3 rings (SSSR count). The molecule has 0 atom stereocenters. The van der Waals surface area contributed by atoms with Crippen molar-refractivity contribution in [2.24, 2.45) is 0 Å². The highest BCUT2D eigenvalue weighted by molar-refractivity contribution is 7.85. The van der Waals surface area contributed by atoms with Crippen LogP contribution in [-0.2, 0) is 16.5 Å². The van der Waals surface area contributed by atoms with E-state index in [4.69, 9.17) is 8.97 Å². The van der Waals surface area contributed by atoms with E-state index < -0.39 is 10.1 Å². The minimum Gasteiger partial charge on any atom is -0.508 e. The molecular weight excluding hydrogens is 344 g/mol. The summed E-state index contributed by atoms with van der Waals surface area (Å²) in [5.41, 5.74) is 1.76. The normalized spacial score (nSPS) is 11.0. The number of aryl methyl sites for hydroxylation is 1. The Balaban J connectivity index is 0.000000196. The SMILES string of the molecule is CCc1c(C)c2ccc(O)cc2oc1=O.O=S(=O)(O)c1ccccc1. The van der Waals surface area contributed by atoms with Crippen molar-refractivity contribution in [3.8, 4) is 5.75 Å². The summed E-state index contributed by atoms with van der Waals surface area (Å²) in [4.78, 5) is 11.5. The van der Waals surface area contributed by atoms with E-state index in [1.54, 1.807) is 30.3 Å². The third-order valence-electron chi connectivity index (χ3n) is 3.67. The molecule has 0 saturated carbocycles. The average molecular weight is 362 g/mol. The first-order valence-corrected chi connectivity index (χ1v) is 8.96. The van der Waals surface area contributed by atoms with E-state index in [1.807, 2.05) is 13.8 Å². The van der Waals surface area contributed by atoms with Crippen LogP contribution in [-0.4, -0.2) is 18.1 Å². The van der Waals surface area contributed by atoms with Crippen LogP contribution in [0.2, 0.25) is 0 Å². The molecule has 6 nitrogen and oxygen atoms in total. The van der Waals surface area contributed by atoms with Crippen molar-refractivity contribution in [3.05, 3.63) is 70.1 Å². The van der Waals surface area contributed by atoms with Gasteiger partial charge in [0.25, 0.3) is 10.1 Å². The van der Waals surface area contributed by atoms with E-state index in [9.17, 15) is 18.3 Å². The number of phenols is 1. The fraction of sp³-hybridized carbons (Fsp3) is 0.167. The molecule has 2 N–H and O–H groups in total. The van der Waals surface area contributed by atoms with E-state index in [2.05, 4.69) is 0 Å². The van der Waals surface area contributed by atoms with E-state index in [0.29, 0.717) is 17.6 Å². The third kappa shape index (κ3) is 4.46. The maximum atomic E-state index is 11.5. The Morgan fingerprint density at radius 2 is 1.72 bits per heavy atom. The molecule has 132 valence electrons. The van der Waals surface area contributed by atoms with Crippen LogP contribution >= 0.6 is 0 Å². The monoisotopic (exact) mass is 362 g/mol. The second-order valence-corrected chi connectivity index (χ2v) is 6.74. The predicted octanol–water partition coefficient (Wildman–Crippen LogP) is 3.30. The Bertz CT molecular complexity index is 1040.